The van der Waals surface area contributed by atoms with Crippen molar-refractivity contribution in [1.82, 2.24) is 10.2 Å². The molecule has 1 aliphatic rings. The van der Waals surface area contributed by atoms with Crippen molar-refractivity contribution in [2.45, 2.75) is 44.4 Å². The van der Waals surface area contributed by atoms with Crippen LogP contribution in [0, 0.1) is 11.8 Å². The number of hydrogen-bond acceptors (Lipinski definition) is 3. The molecule has 1 rings (SSSR count). The Hall–Kier alpha value is -0.820. The molecule has 21 heavy (non-hydrogen) atoms. The summed E-state index contributed by atoms with van der Waals surface area (Å²) in [6.07, 6.45) is -2.93. The van der Waals surface area contributed by atoms with Crippen LogP contribution in [0.25, 0.3) is 0 Å². The molecule has 124 valence electrons. The van der Waals surface area contributed by atoms with Gasteiger partial charge in [-0.1, -0.05) is 12.8 Å². The first-order valence-electron chi connectivity index (χ1n) is 7.24. The third kappa shape index (κ3) is 5.82. The van der Waals surface area contributed by atoms with Crippen molar-refractivity contribution in [2.24, 2.45) is 11.8 Å². The minimum absolute atomic E-state index is 0.00960. The normalized spacial score (nSPS) is 26.5. The highest BCUT2D eigenvalue weighted by molar-refractivity contribution is 5.79. The van der Waals surface area contributed by atoms with Gasteiger partial charge in [-0.15, -0.1) is 0 Å². The topological polar surface area (TPSA) is 52.6 Å². The number of halogens is 3. The van der Waals surface area contributed by atoms with Crippen molar-refractivity contribution in [3.05, 3.63) is 0 Å². The maximum atomic E-state index is 13.0. The molecular weight excluding hydrogens is 285 g/mol. The lowest BCUT2D eigenvalue weighted by atomic mass is 9.78. The molecule has 1 amide bonds. The number of hydrogen-bond donors (Lipinski definition) is 2. The van der Waals surface area contributed by atoms with E-state index in [4.69, 9.17) is 0 Å². The van der Waals surface area contributed by atoms with Crippen molar-refractivity contribution in [1.29, 1.82) is 0 Å². The van der Waals surface area contributed by atoms with Crippen LogP contribution in [-0.2, 0) is 4.79 Å². The Bertz CT molecular complexity index is 357. The standard InChI is InChI=1S/C14H25F3N2O2/c1-13(21,9-19(2)3)8-18-12(20)10-6-4-5-7-11(10)14(15,16)17/h10-11,21H,4-9H2,1-3H3,(H,18,20). The monoisotopic (exact) mass is 310 g/mol. The number of alkyl halides is 3. The van der Waals surface area contributed by atoms with Gasteiger partial charge in [0.1, 0.15) is 0 Å². The van der Waals surface area contributed by atoms with E-state index in [1.165, 1.54) is 0 Å². The van der Waals surface area contributed by atoms with Crippen molar-refractivity contribution in [2.75, 3.05) is 27.2 Å². The number of likely N-dealkylation sites (N-methyl/N-ethyl adjacent to an activating group) is 1. The van der Waals surface area contributed by atoms with E-state index in [-0.39, 0.29) is 19.4 Å². The van der Waals surface area contributed by atoms with E-state index in [9.17, 15) is 23.1 Å². The van der Waals surface area contributed by atoms with Crippen LogP contribution in [0.5, 0.6) is 0 Å². The van der Waals surface area contributed by atoms with Gasteiger partial charge >= 0.3 is 6.18 Å². The molecule has 0 aliphatic heterocycles. The van der Waals surface area contributed by atoms with Crippen LogP contribution in [0.15, 0.2) is 0 Å². The average molecular weight is 310 g/mol. The molecule has 4 nitrogen and oxygen atoms in total. The summed E-state index contributed by atoms with van der Waals surface area (Å²) in [5, 5.41) is 12.6. The van der Waals surface area contributed by atoms with Crippen LogP contribution in [0.1, 0.15) is 32.6 Å². The lowest BCUT2D eigenvalue weighted by Gasteiger charge is -2.33. The Morgan fingerprint density at radius 3 is 2.38 bits per heavy atom. The van der Waals surface area contributed by atoms with E-state index in [1.54, 1.807) is 25.9 Å². The van der Waals surface area contributed by atoms with Crippen LogP contribution in [0.3, 0.4) is 0 Å². The molecular formula is C14H25F3N2O2. The third-order valence-corrected chi connectivity index (χ3v) is 3.82. The largest absolute Gasteiger partial charge is 0.392 e. The number of nitrogens with zero attached hydrogens (tertiary/aromatic N) is 1. The summed E-state index contributed by atoms with van der Waals surface area (Å²) in [5.41, 5.74) is -1.17. The lowest BCUT2D eigenvalue weighted by Crippen LogP contribution is -2.50. The molecule has 2 N–H and O–H groups in total. The van der Waals surface area contributed by atoms with Gasteiger partial charge in [0, 0.05) is 19.0 Å². The van der Waals surface area contributed by atoms with Crippen molar-refractivity contribution >= 4 is 5.91 Å². The van der Waals surface area contributed by atoms with E-state index in [0.29, 0.717) is 19.4 Å². The van der Waals surface area contributed by atoms with Gasteiger partial charge < -0.3 is 15.3 Å². The van der Waals surface area contributed by atoms with Crippen molar-refractivity contribution in [3.8, 4) is 0 Å². The van der Waals surface area contributed by atoms with Crippen LogP contribution in [0.2, 0.25) is 0 Å². The Morgan fingerprint density at radius 2 is 1.86 bits per heavy atom. The van der Waals surface area contributed by atoms with E-state index in [2.05, 4.69) is 5.32 Å². The predicted octanol–water partition coefficient (Wildman–Crippen LogP) is 1.78. The van der Waals surface area contributed by atoms with Gasteiger partial charge in [-0.25, -0.2) is 0 Å². The highest BCUT2D eigenvalue weighted by Gasteiger charge is 2.48. The molecule has 0 aromatic heterocycles. The molecule has 7 heteroatoms. The number of carbonyl (C=O) groups excluding carboxylic acids is 1. The van der Waals surface area contributed by atoms with Crippen molar-refractivity contribution in [3.63, 3.8) is 0 Å². The second-order valence-corrected chi connectivity index (χ2v) is 6.49. The molecule has 3 unspecified atom stereocenters. The number of rotatable bonds is 5. The molecule has 0 heterocycles. The zero-order chi connectivity index (χ0) is 16.3. The molecule has 0 bridgehead atoms. The summed E-state index contributed by atoms with van der Waals surface area (Å²) in [7, 11) is 3.55. The first-order chi connectivity index (χ1) is 9.53. The zero-order valence-corrected chi connectivity index (χ0v) is 12.8. The summed E-state index contributed by atoms with van der Waals surface area (Å²) in [4.78, 5) is 13.8. The van der Waals surface area contributed by atoms with Crippen LogP contribution in [-0.4, -0.2) is 54.9 Å². The molecule has 0 aromatic carbocycles. The first-order valence-corrected chi connectivity index (χ1v) is 7.24. The predicted molar refractivity (Wildman–Crippen MR) is 73.7 cm³/mol. The summed E-state index contributed by atoms with van der Waals surface area (Å²) in [6, 6.07) is 0. The molecule has 1 fully saturated rings. The Labute approximate surface area is 123 Å². The Morgan fingerprint density at radius 1 is 1.29 bits per heavy atom. The summed E-state index contributed by atoms with van der Waals surface area (Å²) < 4.78 is 38.9. The molecule has 1 saturated carbocycles. The highest BCUT2D eigenvalue weighted by atomic mass is 19.4. The minimum Gasteiger partial charge on any atom is -0.387 e. The van der Waals surface area contributed by atoms with Crippen LogP contribution in [0.4, 0.5) is 13.2 Å². The number of nitrogens with one attached hydrogen (secondary N) is 1. The van der Waals surface area contributed by atoms with Gasteiger partial charge in [0.25, 0.3) is 0 Å². The number of aliphatic hydroxyl groups is 1. The molecule has 3 atom stereocenters. The van der Waals surface area contributed by atoms with Crippen molar-refractivity contribution < 1.29 is 23.1 Å². The van der Waals surface area contributed by atoms with Crippen LogP contribution >= 0.6 is 0 Å². The fraction of sp³-hybridized carbons (Fsp3) is 0.929. The molecule has 0 saturated heterocycles. The van der Waals surface area contributed by atoms with E-state index in [0.717, 1.165) is 0 Å². The second kappa shape index (κ2) is 6.96. The van der Waals surface area contributed by atoms with Crippen LogP contribution < -0.4 is 5.32 Å². The van der Waals surface area contributed by atoms with Gasteiger partial charge in [0.2, 0.25) is 5.91 Å². The van der Waals surface area contributed by atoms with E-state index >= 15 is 0 Å². The van der Waals surface area contributed by atoms with Gasteiger partial charge in [0.15, 0.2) is 0 Å². The minimum atomic E-state index is -4.34. The molecule has 0 aromatic rings. The average Bonchev–Trinajstić information content (AvgIpc) is 2.33. The van der Waals surface area contributed by atoms with Gasteiger partial charge in [0.05, 0.1) is 11.5 Å². The molecule has 0 radical (unpaired) electrons. The summed E-state index contributed by atoms with van der Waals surface area (Å²) >= 11 is 0. The third-order valence-electron chi connectivity index (χ3n) is 3.82. The molecule has 1 aliphatic carbocycles. The summed E-state index contributed by atoms with van der Waals surface area (Å²) in [5.74, 6) is -3.20. The van der Waals surface area contributed by atoms with Gasteiger partial charge in [-0.3, -0.25) is 4.79 Å². The fourth-order valence-corrected chi connectivity index (χ4v) is 2.98. The smallest absolute Gasteiger partial charge is 0.387 e. The number of amides is 1. The SMILES string of the molecule is CN(C)CC(C)(O)CNC(=O)C1CCCCC1C(F)(F)F. The Balaban J connectivity index is 2.61. The second-order valence-electron chi connectivity index (χ2n) is 6.49. The Kier molecular flexibility index (Phi) is 6.04. The summed E-state index contributed by atoms with van der Waals surface area (Å²) in [6.45, 7) is 1.82. The van der Waals surface area contributed by atoms with E-state index in [1.807, 2.05) is 0 Å². The fourth-order valence-electron chi connectivity index (χ4n) is 2.98. The quantitative estimate of drug-likeness (QED) is 0.814. The van der Waals surface area contributed by atoms with Gasteiger partial charge in [-0.05, 0) is 33.9 Å². The number of carbonyl (C=O) groups is 1. The maximum Gasteiger partial charge on any atom is 0.392 e. The molecule has 0 spiro atoms. The first kappa shape index (κ1) is 18.2. The van der Waals surface area contributed by atoms with E-state index < -0.39 is 29.5 Å². The lowest BCUT2D eigenvalue weighted by molar-refractivity contribution is -0.198. The maximum absolute atomic E-state index is 13.0. The zero-order valence-electron chi connectivity index (χ0n) is 12.8. The highest BCUT2D eigenvalue weighted by Crippen LogP contribution is 2.41. The van der Waals surface area contributed by atoms with Gasteiger partial charge in [-0.2, -0.15) is 13.2 Å².